The van der Waals surface area contributed by atoms with Crippen molar-refractivity contribution in [2.45, 2.75) is 38.7 Å². The Kier molecular flexibility index (Phi) is 7.18. The highest BCUT2D eigenvalue weighted by atomic mass is 79.9. The minimum absolute atomic E-state index is 0.119. The van der Waals surface area contributed by atoms with Crippen LogP contribution in [0.2, 0.25) is 0 Å². The van der Waals surface area contributed by atoms with Crippen molar-refractivity contribution in [3.05, 3.63) is 11.8 Å². The first-order chi connectivity index (χ1) is 9.40. The predicted molar refractivity (Wildman–Crippen MR) is 79.3 cm³/mol. The molecule has 1 saturated heterocycles. The number of nitrogens with zero attached hydrogens (tertiary/aromatic N) is 1. The summed E-state index contributed by atoms with van der Waals surface area (Å²) in [5, 5.41) is 10.2. The highest BCUT2D eigenvalue weighted by Gasteiger charge is 2.38. The number of alkyl halides is 1. The predicted octanol–water partition coefficient (Wildman–Crippen LogP) is 1.04. The molecule has 1 heterocycles. The van der Waals surface area contributed by atoms with Gasteiger partial charge in [0.1, 0.15) is 12.3 Å². The van der Waals surface area contributed by atoms with E-state index in [0.29, 0.717) is 10.9 Å². The number of aliphatic hydroxyl groups is 1. The van der Waals surface area contributed by atoms with Crippen molar-refractivity contribution in [3.63, 3.8) is 0 Å². The fourth-order valence-electron chi connectivity index (χ4n) is 1.87. The molecule has 20 heavy (non-hydrogen) atoms. The number of carbonyl (C=O) groups excluding carboxylic acids is 2. The van der Waals surface area contributed by atoms with Gasteiger partial charge in [0.05, 0.1) is 12.7 Å². The number of amides is 1. The van der Waals surface area contributed by atoms with Crippen molar-refractivity contribution in [1.82, 2.24) is 4.90 Å². The van der Waals surface area contributed by atoms with Gasteiger partial charge in [0.15, 0.2) is 5.78 Å². The molecule has 0 aromatic rings. The molecule has 0 spiro atoms. The van der Waals surface area contributed by atoms with E-state index < -0.39 is 18.4 Å². The SMILES string of the molecule is CC(=O)/C(=C\N(C(C)=O)[C@H]1C[C@@H](O)[C@@H](COS)O1)CBr. The van der Waals surface area contributed by atoms with E-state index in [1.807, 2.05) is 0 Å². The smallest absolute Gasteiger partial charge is 0.225 e. The highest BCUT2D eigenvalue weighted by Crippen LogP contribution is 2.25. The molecule has 0 radical (unpaired) electrons. The molecule has 1 rings (SSSR count). The van der Waals surface area contributed by atoms with Crippen molar-refractivity contribution in [2.75, 3.05) is 11.9 Å². The largest absolute Gasteiger partial charge is 0.390 e. The molecule has 1 fully saturated rings. The molecule has 3 atom stereocenters. The Morgan fingerprint density at radius 1 is 1.55 bits per heavy atom. The standard InChI is InChI=1S/C12H18BrNO5S/c1-7(15)9(4-13)5-14(8(2)16)12-3-10(17)11(19-12)6-18-20/h5,10-12,17,20H,3-4,6H2,1-2H3/b9-5-/t10-,11-,12-/m1/s1. The Bertz CT molecular complexity index is 403. The molecule has 0 aromatic carbocycles. The summed E-state index contributed by atoms with van der Waals surface area (Å²) in [6.07, 6.45) is -0.194. The number of rotatable bonds is 6. The van der Waals surface area contributed by atoms with E-state index >= 15 is 0 Å². The van der Waals surface area contributed by atoms with Gasteiger partial charge in [-0.15, -0.1) is 0 Å². The number of aliphatic hydroxyl groups excluding tert-OH is 1. The molecular weight excluding hydrogens is 350 g/mol. The van der Waals surface area contributed by atoms with Crippen LogP contribution in [0.1, 0.15) is 20.3 Å². The summed E-state index contributed by atoms with van der Waals surface area (Å²) < 4.78 is 10.2. The monoisotopic (exact) mass is 367 g/mol. The van der Waals surface area contributed by atoms with E-state index in [0.717, 1.165) is 0 Å². The minimum Gasteiger partial charge on any atom is -0.390 e. The Hall–Kier alpha value is -0.410. The normalized spacial score (nSPS) is 26.6. The van der Waals surface area contributed by atoms with Gasteiger partial charge < -0.3 is 14.0 Å². The molecule has 114 valence electrons. The van der Waals surface area contributed by atoms with Crippen molar-refractivity contribution in [3.8, 4) is 0 Å². The van der Waals surface area contributed by atoms with Gasteiger partial charge in [-0.2, -0.15) is 0 Å². The van der Waals surface area contributed by atoms with E-state index in [9.17, 15) is 14.7 Å². The molecule has 8 heteroatoms. The molecule has 6 nitrogen and oxygen atoms in total. The summed E-state index contributed by atoms with van der Waals surface area (Å²) in [7, 11) is 0. The molecule has 0 aromatic heterocycles. The van der Waals surface area contributed by atoms with E-state index in [-0.39, 0.29) is 24.7 Å². The lowest BCUT2D eigenvalue weighted by Crippen LogP contribution is -2.35. The van der Waals surface area contributed by atoms with E-state index in [1.54, 1.807) is 0 Å². The Morgan fingerprint density at radius 2 is 2.20 bits per heavy atom. The van der Waals surface area contributed by atoms with Crippen LogP contribution in [0.3, 0.4) is 0 Å². The van der Waals surface area contributed by atoms with Gasteiger partial charge in [-0.3, -0.25) is 14.5 Å². The molecule has 0 unspecified atom stereocenters. The summed E-state index contributed by atoms with van der Waals surface area (Å²) >= 11 is 6.83. The number of Topliss-reactive ketones (excluding diaryl/α,β-unsaturated/α-hetero) is 1. The first kappa shape index (κ1) is 17.6. The fraction of sp³-hybridized carbons (Fsp3) is 0.667. The molecular formula is C12H18BrNO5S. The van der Waals surface area contributed by atoms with E-state index in [1.165, 1.54) is 24.9 Å². The van der Waals surface area contributed by atoms with Crippen molar-refractivity contribution in [2.24, 2.45) is 0 Å². The zero-order valence-electron chi connectivity index (χ0n) is 11.3. The third-order valence-electron chi connectivity index (χ3n) is 3.01. The van der Waals surface area contributed by atoms with E-state index in [2.05, 4.69) is 33.0 Å². The number of hydrogen-bond acceptors (Lipinski definition) is 6. The Balaban J connectivity index is 2.88. The molecule has 1 amide bonds. The minimum atomic E-state index is -0.743. The van der Waals surface area contributed by atoms with Crippen LogP contribution < -0.4 is 0 Å². The van der Waals surface area contributed by atoms with Gasteiger partial charge >= 0.3 is 0 Å². The van der Waals surface area contributed by atoms with E-state index in [4.69, 9.17) is 4.74 Å². The number of carbonyl (C=O) groups is 2. The number of allylic oxidation sites excluding steroid dienone is 1. The zero-order valence-corrected chi connectivity index (χ0v) is 13.8. The zero-order chi connectivity index (χ0) is 15.3. The second-order valence-corrected chi connectivity index (χ2v) is 5.32. The number of thiol groups is 1. The molecule has 0 saturated carbocycles. The maximum absolute atomic E-state index is 11.7. The second kappa shape index (κ2) is 8.14. The second-order valence-electron chi connectivity index (χ2n) is 4.50. The van der Waals surface area contributed by atoms with Crippen LogP contribution in [0.4, 0.5) is 0 Å². The Labute approximate surface area is 131 Å². The molecule has 1 aliphatic rings. The van der Waals surface area contributed by atoms with Crippen molar-refractivity contribution >= 4 is 40.5 Å². The lowest BCUT2D eigenvalue weighted by atomic mass is 10.2. The quantitative estimate of drug-likeness (QED) is 0.317. The van der Waals surface area contributed by atoms with Crippen LogP contribution in [0, 0.1) is 0 Å². The number of halogens is 1. The summed E-state index contributed by atoms with van der Waals surface area (Å²) in [4.78, 5) is 24.5. The lowest BCUT2D eigenvalue weighted by Gasteiger charge is -2.24. The third kappa shape index (κ3) is 4.56. The summed E-state index contributed by atoms with van der Waals surface area (Å²) in [5.74, 6) is -0.406. The number of hydrogen-bond donors (Lipinski definition) is 2. The van der Waals surface area contributed by atoms with Crippen molar-refractivity contribution in [1.29, 1.82) is 0 Å². The van der Waals surface area contributed by atoms with Gasteiger partial charge in [-0.05, 0) is 19.8 Å². The van der Waals surface area contributed by atoms with Crippen LogP contribution in [0.25, 0.3) is 0 Å². The van der Waals surface area contributed by atoms with Gasteiger partial charge in [-0.1, -0.05) is 15.9 Å². The molecule has 0 bridgehead atoms. The topological polar surface area (TPSA) is 76.1 Å². The first-order valence-electron chi connectivity index (χ1n) is 6.07. The van der Waals surface area contributed by atoms with Gasteiger partial charge in [0.2, 0.25) is 5.91 Å². The van der Waals surface area contributed by atoms with Crippen LogP contribution in [-0.2, 0) is 18.5 Å². The van der Waals surface area contributed by atoms with Crippen LogP contribution in [0.15, 0.2) is 11.8 Å². The van der Waals surface area contributed by atoms with Gasteiger partial charge in [0, 0.05) is 30.4 Å². The first-order valence-corrected chi connectivity index (χ1v) is 7.55. The van der Waals surface area contributed by atoms with Gasteiger partial charge in [-0.25, -0.2) is 0 Å². The molecule has 1 N–H and O–H groups in total. The van der Waals surface area contributed by atoms with Crippen LogP contribution >= 0.6 is 28.8 Å². The van der Waals surface area contributed by atoms with Crippen LogP contribution in [0.5, 0.6) is 0 Å². The third-order valence-corrected chi connectivity index (χ3v) is 3.76. The average Bonchev–Trinajstić information content (AvgIpc) is 2.71. The lowest BCUT2D eigenvalue weighted by molar-refractivity contribution is -0.138. The molecule has 1 aliphatic heterocycles. The maximum Gasteiger partial charge on any atom is 0.225 e. The summed E-state index contributed by atoms with van der Waals surface area (Å²) in [6, 6.07) is 0. The average molecular weight is 368 g/mol. The fourth-order valence-corrected chi connectivity index (χ4v) is 2.56. The van der Waals surface area contributed by atoms with Crippen LogP contribution in [-0.4, -0.2) is 52.1 Å². The molecule has 0 aliphatic carbocycles. The highest BCUT2D eigenvalue weighted by molar-refractivity contribution is 9.09. The maximum atomic E-state index is 11.7. The summed E-state index contributed by atoms with van der Waals surface area (Å²) in [5.41, 5.74) is 0.451. The van der Waals surface area contributed by atoms with Crippen molar-refractivity contribution < 1.29 is 23.6 Å². The summed E-state index contributed by atoms with van der Waals surface area (Å²) in [6.45, 7) is 2.92. The Morgan fingerprint density at radius 3 is 2.65 bits per heavy atom. The van der Waals surface area contributed by atoms with Gasteiger partial charge in [0.25, 0.3) is 0 Å². The number of ether oxygens (including phenoxy) is 1. The number of ketones is 1.